The smallest absolute Gasteiger partial charge is 0.163 e. The summed E-state index contributed by atoms with van der Waals surface area (Å²) in [6.45, 7) is 0. The first-order valence-corrected chi connectivity index (χ1v) is 9.47. The molecule has 4 heteroatoms. The lowest BCUT2D eigenvalue weighted by atomic mass is 9.73. The number of Topliss-reactive ketones (excluding diaryl/α,β-unsaturated/α-hetero) is 2. The number of carbonyl (C=O) groups excluding carboxylic acids is 2. The third-order valence-corrected chi connectivity index (χ3v) is 5.42. The van der Waals surface area contributed by atoms with Crippen molar-refractivity contribution in [1.82, 2.24) is 0 Å². The van der Waals surface area contributed by atoms with Gasteiger partial charge in [0.25, 0.3) is 0 Å². The van der Waals surface area contributed by atoms with E-state index in [1.165, 1.54) is 0 Å². The maximum absolute atomic E-state index is 12.9. The molecule has 0 bridgehead atoms. The molecule has 0 spiro atoms. The third-order valence-electron chi connectivity index (χ3n) is 5.42. The standard InChI is InChI=1S/C23H26O4/c1-26-22-13-12-17(14-23(22)27-2)19(18-10-6-7-11-20(18)24)15-21(25)16-8-4-3-5-9-16/h3-5,8-9,12-14,18-19H,6-7,10-11,15H2,1-2H3. The quantitative estimate of drug-likeness (QED) is 0.659. The molecule has 0 heterocycles. The van der Waals surface area contributed by atoms with Crippen LogP contribution in [0, 0.1) is 5.92 Å². The molecule has 1 fully saturated rings. The fourth-order valence-corrected chi connectivity index (χ4v) is 3.95. The minimum atomic E-state index is -0.148. The van der Waals surface area contributed by atoms with Crippen molar-refractivity contribution in [3.8, 4) is 11.5 Å². The molecule has 1 aliphatic rings. The zero-order valence-corrected chi connectivity index (χ0v) is 15.9. The number of hydrogen-bond acceptors (Lipinski definition) is 4. The molecule has 0 amide bonds. The maximum atomic E-state index is 12.9. The van der Waals surface area contributed by atoms with Gasteiger partial charge in [-0.25, -0.2) is 0 Å². The number of benzene rings is 2. The Morgan fingerprint density at radius 1 is 1.04 bits per heavy atom. The van der Waals surface area contributed by atoms with Gasteiger partial charge in [0.1, 0.15) is 5.78 Å². The van der Waals surface area contributed by atoms with E-state index in [2.05, 4.69) is 0 Å². The van der Waals surface area contributed by atoms with E-state index >= 15 is 0 Å². The van der Waals surface area contributed by atoms with Gasteiger partial charge in [0.2, 0.25) is 0 Å². The molecule has 1 aliphatic carbocycles. The topological polar surface area (TPSA) is 52.6 Å². The highest BCUT2D eigenvalue weighted by Gasteiger charge is 2.33. The summed E-state index contributed by atoms with van der Waals surface area (Å²) in [6, 6.07) is 15.0. The Labute approximate surface area is 160 Å². The molecule has 0 saturated heterocycles. The Hall–Kier alpha value is -2.62. The van der Waals surface area contributed by atoms with E-state index in [0.29, 0.717) is 29.9 Å². The van der Waals surface area contributed by atoms with Crippen molar-refractivity contribution in [2.24, 2.45) is 5.92 Å². The molecule has 3 rings (SSSR count). The van der Waals surface area contributed by atoms with Crippen LogP contribution in [0.25, 0.3) is 0 Å². The average molecular weight is 366 g/mol. The number of ether oxygens (including phenoxy) is 2. The van der Waals surface area contributed by atoms with Crippen LogP contribution in [0.2, 0.25) is 0 Å². The van der Waals surface area contributed by atoms with E-state index in [0.717, 1.165) is 24.8 Å². The fourth-order valence-electron chi connectivity index (χ4n) is 3.95. The van der Waals surface area contributed by atoms with Crippen molar-refractivity contribution in [3.05, 3.63) is 59.7 Å². The van der Waals surface area contributed by atoms with Crippen LogP contribution in [0.3, 0.4) is 0 Å². The number of rotatable bonds is 7. The molecule has 0 radical (unpaired) electrons. The molecule has 2 aromatic rings. The Kier molecular flexibility index (Phi) is 6.28. The van der Waals surface area contributed by atoms with Crippen LogP contribution in [0.1, 0.15) is 53.9 Å². The lowest BCUT2D eigenvalue weighted by molar-refractivity contribution is -0.125. The second-order valence-corrected chi connectivity index (χ2v) is 7.03. The third kappa shape index (κ3) is 4.38. The molecule has 0 N–H and O–H groups in total. The van der Waals surface area contributed by atoms with Crippen LogP contribution in [0.5, 0.6) is 11.5 Å². The highest BCUT2D eigenvalue weighted by molar-refractivity contribution is 5.97. The molecule has 142 valence electrons. The Morgan fingerprint density at radius 3 is 2.44 bits per heavy atom. The second-order valence-electron chi connectivity index (χ2n) is 7.03. The van der Waals surface area contributed by atoms with Gasteiger partial charge >= 0.3 is 0 Å². The van der Waals surface area contributed by atoms with Crippen LogP contribution in [0.15, 0.2) is 48.5 Å². The van der Waals surface area contributed by atoms with Crippen LogP contribution >= 0.6 is 0 Å². The van der Waals surface area contributed by atoms with Crippen molar-refractivity contribution in [1.29, 1.82) is 0 Å². The van der Waals surface area contributed by atoms with Gasteiger partial charge < -0.3 is 9.47 Å². The molecule has 0 aromatic heterocycles. The summed E-state index contributed by atoms with van der Waals surface area (Å²) in [4.78, 5) is 25.5. The predicted octanol–water partition coefficient (Wildman–Crippen LogP) is 4.82. The molecular formula is C23H26O4. The first kappa shape index (κ1) is 19.2. The normalized spacial score (nSPS) is 18.0. The molecule has 4 nitrogen and oxygen atoms in total. The van der Waals surface area contributed by atoms with Crippen LogP contribution in [0.4, 0.5) is 0 Å². The number of carbonyl (C=O) groups is 2. The van der Waals surface area contributed by atoms with Gasteiger partial charge in [-0.05, 0) is 30.5 Å². The van der Waals surface area contributed by atoms with E-state index in [-0.39, 0.29) is 23.4 Å². The Bertz CT molecular complexity index is 797. The Balaban J connectivity index is 1.94. The van der Waals surface area contributed by atoms with E-state index in [4.69, 9.17) is 9.47 Å². The summed E-state index contributed by atoms with van der Waals surface area (Å²) in [7, 11) is 3.19. The molecule has 0 aliphatic heterocycles. The predicted molar refractivity (Wildman–Crippen MR) is 105 cm³/mol. The molecular weight excluding hydrogens is 340 g/mol. The van der Waals surface area contributed by atoms with Gasteiger partial charge in [-0.2, -0.15) is 0 Å². The van der Waals surface area contributed by atoms with Gasteiger partial charge in [0.05, 0.1) is 14.2 Å². The highest BCUT2D eigenvalue weighted by atomic mass is 16.5. The minimum Gasteiger partial charge on any atom is -0.493 e. The first-order valence-electron chi connectivity index (χ1n) is 9.47. The lowest BCUT2D eigenvalue weighted by Crippen LogP contribution is -2.27. The summed E-state index contributed by atoms with van der Waals surface area (Å²) in [5.74, 6) is 1.32. The SMILES string of the molecule is COc1ccc(C(CC(=O)c2ccccc2)C2CCCCC2=O)cc1OC. The molecule has 27 heavy (non-hydrogen) atoms. The van der Waals surface area contributed by atoms with Gasteiger partial charge in [-0.15, -0.1) is 0 Å². The van der Waals surface area contributed by atoms with E-state index in [9.17, 15) is 9.59 Å². The summed E-state index contributed by atoms with van der Waals surface area (Å²) in [6.07, 6.45) is 3.73. The average Bonchev–Trinajstić information content (AvgIpc) is 2.72. The van der Waals surface area contributed by atoms with E-state index in [1.807, 2.05) is 48.5 Å². The van der Waals surface area contributed by atoms with Crippen molar-refractivity contribution in [2.75, 3.05) is 14.2 Å². The van der Waals surface area contributed by atoms with Crippen LogP contribution in [-0.4, -0.2) is 25.8 Å². The Morgan fingerprint density at radius 2 is 1.78 bits per heavy atom. The number of methoxy groups -OCH3 is 2. The van der Waals surface area contributed by atoms with Crippen LogP contribution in [-0.2, 0) is 4.79 Å². The molecule has 2 atom stereocenters. The van der Waals surface area contributed by atoms with Crippen molar-refractivity contribution in [2.45, 2.75) is 38.0 Å². The molecule has 1 saturated carbocycles. The van der Waals surface area contributed by atoms with Crippen LogP contribution < -0.4 is 9.47 Å². The zero-order valence-electron chi connectivity index (χ0n) is 15.9. The summed E-state index contributed by atoms with van der Waals surface area (Å²) in [5.41, 5.74) is 1.64. The summed E-state index contributed by atoms with van der Waals surface area (Å²) in [5, 5.41) is 0. The second kappa shape index (κ2) is 8.85. The van der Waals surface area contributed by atoms with Crippen molar-refractivity contribution < 1.29 is 19.1 Å². The number of ketones is 2. The largest absolute Gasteiger partial charge is 0.493 e. The monoisotopic (exact) mass is 366 g/mol. The van der Waals surface area contributed by atoms with Crippen molar-refractivity contribution in [3.63, 3.8) is 0 Å². The van der Waals surface area contributed by atoms with Gasteiger partial charge in [0, 0.05) is 30.2 Å². The van der Waals surface area contributed by atoms with Crippen molar-refractivity contribution >= 4 is 11.6 Å². The molecule has 2 aromatic carbocycles. The van der Waals surface area contributed by atoms with Gasteiger partial charge in [-0.1, -0.05) is 42.8 Å². The maximum Gasteiger partial charge on any atom is 0.163 e. The zero-order chi connectivity index (χ0) is 19.2. The number of hydrogen-bond donors (Lipinski definition) is 0. The van der Waals surface area contributed by atoms with Gasteiger partial charge in [-0.3, -0.25) is 9.59 Å². The van der Waals surface area contributed by atoms with E-state index in [1.54, 1.807) is 14.2 Å². The highest BCUT2D eigenvalue weighted by Crippen LogP contribution is 2.40. The fraction of sp³-hybridized carbons (Fsp3) is 0.391. The first-order chi connectivity index (χ1) is 13.1. The van der Waals surface area contributed by atoms with E-state index < -0.39 is 0 Å². The lowest BCUT2D eigenvalue weighted by Gasteiger charge is -2.29. The summed E-state index contributed by atoms with van der Waals surface area (Å²) >= 11 is 0. The summed E-state index contributed by atoms with van der Waals surface area (Å²) < 4.78 is 10.8. The van der Waals surface area contributed by atoms with Gasteiger partial charge in [0.15, 0.2) is 17.3 Å². The molecule has 2 unspecified atom stereocenters. The minimum absolute atomic E-state index is 0.0637.